The number of likely N-dealkylation sites (N-methyl/N-ethyl adjacent to an activating group) is 1. The number of benzene rings is 2. The summed E-state index contributed by atoms with van der Waals surface area (Å²) in [5, 5.41) is 2.55. The van der Waals surface area contributed by atoms with Gasteiger partial charge in [-0.05, 0) is 37.1 Å². The van der Waals surface area contributed by atoms with Crippen molar-refractivity contribution in [1.29, 1.82) is 0 Å². The molecule has 0 radical (unpaired) electrons. The maximum Gasteiger partial charge on any atom is 0.242 e. The van der Waals surface area contributed by atoms with Crippen LogP contribution in [0, 0.1) is 5.82 Å². The third-order valence-electron chi connectivity index (χ3n) is 4.79. The molecule has 6 nitrogen and oxygen atoms in total. The average Bonchev–Trinajstić information content (AvgIpc) is 2.75. The lowest BCUT2D eigenvalue weighted by Gasteiger charge is -2.28. The Bertz CT molecular complexity index is 856. The Balaban J connectivity index is 2.16. The molecule has 0 heterocycles. The van der Waals surface area contributed by atoms with Gasteiger partial charge >= 0.3 is 0 Å². The Morgan fingerprint density at radius 2 is 1.79 bits per heavy atom. The first-order valence-corrected chi connectivity index (χ1v) is 9.36. The summed E-state index contributed by atoms with van der Waals surface area (Å²) in [4.78, 5) is 26.5. The first-order valence-electron chi connectivity index (χ1n) is 9.36. The highest BCUT2D eigenvalue weighted by atomic mass is 19.1. The number of amides is 2. The first kappa shape index (κ1) is 22.2. The lowest BCUT2D eigenvalue weighted by molar-refractivity contribution is -0.140. The van der Waals surface area contributed by atoms with E-state index in [9.17, 15) is 14.0 Å². The molecule has 0 aliphatic rings. The predicted octanol–water partition coefficient (Wildman–Crippen LogP) is 2.94. The Labute approximate surface area is 170 Å². The molecule has 0 aromatic heterocycles. The van der Waals surface area contributed by atoms with Crippen LogP contribution >= 0.6 is 0 Å². The number of hydrogen-bond acceptors (Lipinski definition) is 4. The topological polar surface area (TPSA) is 67.9 Å². The van der Waals surface area contributed by atoms with Crippen molar-refractivity contribution >= 4 is 11.8 Å². The van der Waals surface area contributed by atoms with Crippen molar-refractivity contribution < 1.29 is 23.5 Å². The summed E-state index contributed by atoms with van der Waals surface area (Å²) in [6, 6.07) is 11.0. The van der Waals surface area contributed by atoms with Gasteiger partial charge in [0.25, 0.3) is 0 Å². The zero-order chi connectivity index (χ0) is 21.4. The fourth-order valence-corrected chi connectivity index (χ4v) is 3.03. The molecule has 0 fully saturated rings. The van der Waals surface area contributed by atoms with Gasteiger partial charge in [-0.15, -0.1) is 0 Å². The third kappa shape index (κ3) is 5.70. The molecule has 0 saturated heterocycles. The second-order valence-electron chi connectivity index (χ2n) is 6.59. The monoisotopic (exact) mass is 402 g/mol. The van der Waals surface area contributed by atoms with E-state index in [0.29, 0.717) is 23.5 Å². The van der Waals surface area contributed by atoms with E-state index in [1.54, 1.807) is 45.4 Å². The van der Waals surface area contributed by atoms with Crippen LogP contribution < -0.4 is 14.8 Å². The van der Waals surface area contributed by atoms with E-state index in [-0.39, 0.29) is 24.8 Å². The molecule has 0 aliphatic carbocycles. The van der Waals surface area contributed by atoms with Crippen LogP contribution in [0.15, 0.2) is 42.5 Å². The van der Waals surface area contributed by atoms with E-state index in [1.807, 2.05) is 12.1 Å². The SMILES string of the molecule is CNC(=O)C(C)N(Cc1ccccc1F)C(=O)CCc1ccc(OC)c(OC)c1. The van der Waals surface area contributed by atoms with Crippen LogP contribution in [-0.4, -0.2) is 44.0 Å². The Morgan fingerprint density at radius 1 is 1.10 bits per heavy atom. The van der Waals surface area contributed by atoms with Crippen LogP contribution in [0.1, 0.15) is 24.5 Å². The highest BCUT2D eigenvalue weighted by molar-refractivity contribution is 5.87. The van der Waals surface area contributed by atoms with E-state index in [0.717, 1.165) is 5.56 Å². The Kier molecular flexibility index (Phi) is 8.00. The molecule has 2 aromatic rings. The van der Waals surface area contributed by atoms with Crippen molar-refractivity contribution in [2.45, 2.75) is 32.4 Å². The smallest absolute Gasteiger partial charge is 0.242 e. The fourth-order valence-electron chi connectivity index (χ4n) is 3.03. The molecule has 29 heavy (non-hydrogen) atoms. The van der Waals surface area contributed by atoms with Gasteiger partial charge < -0.3 is 19.7 Å². The third-order valence-corrected chi connectivity index (χ3v) is 4.79. The summed E-state index contributed by atoms with van der Waals surface area (Å²) >= 11 is 0. The molecular formula is C22H27FN2O4. The van der Waals surface area contributed by atoms with E-state index in [2.05, 4.69) is 5.32 Å². The summed E-state index contributed by atoms with van der Waals surface area (Å²) in [7, 11) is 4.62. The van der Waals surface area contributed by atoms with Gasteiger partial charge in [0.05, 0.1) is 14.2 Å². The van der Waals surface area contributed by atoms with E-state index >= 15 is 0 Å². The largest absolute Gasteiger partial charge is 0.493 e. The number of carbonyl (C=O) groups is 2. The molecule has 0 aliphatic heterocycles. The molecule has 1 atom stereocenters. The number of hydrogen-bond donors (Lipinski definition) is 1. The van der Waals surface area contributed by atoms with Gasteiger partial charge in [-0.1, -0.05) is 24.3 Å². The van der Waals surface area contributed by atoms with Crippen LogP contribution in [0.2, 0.25) is 0 Å². The zero-order valence-electron chi connectivity index (χ0n) is 17.2. The molecule has 156 valence electrons. The molecule has 1 N–H and O–H groups in total. The molecule has 2 amide bonds. The second kappa shape index (κ2) is 10.5. The van der Waals surface area contributed by atoms with Crippen LogP contribution in [0.5, 0.6) is 11.5 Å². The number of methoxy groups -OCH3 is 2. The minimum atomic E-state index is -0.725. The summed E-state index contributed by atoms with van der Waals surface area (Å²) in [5.41, 5.74) is 1.26. The van der Waals surface area contributed by atoms with Crippen LogP contribution in [-0.2, 0) is 22.6 Å². The van der Waals surface area contributed by atoms with Gasteiger partial charge in [0.2, 0.25) is 11.8 Å². The lowest BCUT2D eigenvalue weighted by atomic mass is 10.1. The molecule has 0 bridgehead atoms. The quantitative estimate of drug-likeness (QED) is 0.700. The van der Waals surface area contributed by atoms with E-state index in [1.165, 1.54) is 18.0 Å². The van der Waals surface area contributed by atoms with Gasteiger partial charge in [-0.25, -0.2) is 4.39 Å². The number of rotatable bonds is 9. The second-order valence-corrected chi connectivity index (χ2v) is 6.59. The number of nitrogens with zero attached hydrogens (tertiary/aromatic N) is 1. The number of carbonyl (C=O) groups excluding carboxylic acids is 2. The van der Waals surface area contributed by atoms with E-state index < -0.39 is 11.9 Å². The molecule has 0 saturated carbocycles. The van der Waals surface area contributed by atoms with Crippen molar-refractivity contribution in [1.82, 2.24) is 10.2 Å². The molecule has 2 rings (SSSR count). The number of aryl methyl sites for hydroxylation is 1. The van der Waals surface area contributed by atoms with Crippen molar-refractivity contribution in [3.05, 3.63) is 59.4 Å². The lowest BCUT2D eigenvalue weighted by Crippen LogP contribution is -2.46. The highest BCUT2D eigenvalue weighted by Gasteiger charge is 2.26. The van der Waals surface area contributed by atoms with Gasteiger partial charge in [-0.2, -0.15) is 0 Å². The molecule has 7 heteroatoms. The van der Waals surface area contributed by atoms with Crippen molar-refractivity contribution in [3.8, 4) is 11.5 Å². The maximum absolute atomic E-state index is 14.1. The molecular weight excluding hydrogens is 375 g/mol. The minimum Gasteiger partial charge on any atom is -0.493 e. The summed E-state index contributed by atoms with van der Waals surface area (Å²) in [6.45, 7) is 1.65. The van der Waals surface area contributed by atoms with Crippen LogP contribution in [0.4, 0.5) is 4.39 Å². The maximum atomic E-state index is 14.1. The van der Waals surface area contributed by atoms with Gasteiger partial charge in [-0.3, -0.25) is 9.59 Å². The number of nitrogens with one attached hydrogen (secondary N) is 1. The predicted molar refractivity (Wildman–Crippen MR) is 108 cm³/mol. The van der Waals surface area contributed by atoms with Crippen molar-refractivity contribution in [3.63, 3.8) is 0 Å². The van der Waals surface area contributed by atoms with Crippen LogP contribution in [0.3, 0.4) is 0 Å². The van der Waals surface area contributed by atoms with E-state index in [4.69, 9.17) is 9.47 Å². The van der Waals surface area contributed by atoms with Gasteiger partial charge in [0, 0.05) is 25.6 Å². The Hall–Kier alpha value is -3.09. The summed E-state index contributed by atoms with van der Waals surface area (Å²) in [6.07, 6.45) is 0.624. The summed E-state index contributed by atoms with van der Waals surface area (Å²) < 4.78 is 24.6. The summed E-state index contributed by atoms with van der Waals surface area (Å²) in [5.74, 6) is 0.241. The molecule has 1 unspecified atom stereocenters. The average molecular weight is 402 g/mol. The Morgan fingerprint density at radius 3 is 2.41 bits per heavy atom. The number of ether oxygens (including phenoxy) is 2. The molecule has 2 aromatic carbocycles. The number of halogens is 1. The highest BCUT2D eigenvalue weighted by Crippen LogP contribution is 2.28. The first-order chi connectivity index (χ1) is 13.9. The van der Waals surface area contributed by atoms with Crippen molar-refractivity contribution in [2.75, 3.05) is 21.3 Å². The zero-order valence-corrected chi connectivity index (χ0v) is 17.2. The fraction of sp³-hybridized carbons (Fsp3) is 0.364. The van der Waals surface area contributed by atoms with Gasteiger partial charge in [0.1, 0.15) is 11.9 Å². The normalized spacial score (nSPS) is 11.5. The van der Waals surface area contributed by atoms with Gasteiger partial charge in [0.15, 0.2) is 11.5 Å². The van der Waals surface area contributed by atoms with Crippen molar-refractivity contribution in [2.24, 2.45) is 0 Å². The standard InChI is InChI=1S/C22H27FN2O4/c1-15(22(27)24-2)25(14-17-7-5-6-8-18(17)23)21(26)12-10-16-9-11-19(28-3)20(13-16)29-4/h5-9,11,13,15H,10,12,14H2,1-4H3,(H,24,27). The minimum absolute atomic E-state index is 0.0199. The molecule has 0 spiro atoms. The van der Waals surface area contributed by atoms with Crippen LogP contribution in [0.25, 0.3) is 0 Å².